The summed E-state index contributed by atoms with van der Waals surface area (Å²) in [7, 11) is 2.09. The van der Waals surface area contributed by atoms with Crippen LogP contribution in [0, 0.1) is 11.3 Å². The van der Waals surface area contributed by atoms with Crippen LogP contribution < -0.4 is 4.90 Å². The molecule has 0 amide bonds. The van der Waals surface area contributed by atoms with Crippen LogP contribution in [0.2, 0.25) is 5.02 Å². The molecular formula is C30H24ClN3O2S. The molecule has 1 aliphatic heterocycles. The van der Waals surface area contributed by atoms with Crippen LogP contribution in [0.15, 0.2) is 95.9 Å². The molecule has 4 aromatic rings. The Balaban J connectivity index is 1.61. The van der Waals surface area contributed by atoms with E-state index in [9.17, 15) is 15.2 Å². The number of rotatable bonds is 5. The quantitative estimate of drug-likeness (QED) is 0.276. The lowest BCUT2D eigenvalue weighted by molar-refractivity contribution is 0.0697. The molecular weight excluding hydrogens is 502 g/mol. The Hall–Kier alpha value is -3.76. The molecule has 0 aromatic heterocycles. The van der Waals surface area contributed by atoms with Gasteiger partial charge in [0.25, 0.3) is 0 Å². The highest BCUT2D eigenvalue weighted by Gasteiger charge is 2.29. The molecule has 0 bridgehead atoms. The van der Waals surface area contributed by atoms with Gasteiger partial charge in [0.2, 0.25) is 0 Å². The second kappa shape index (κ2) is 10.7. The Morgan fingerprint density at radius 3 is 2.51 bits per heavy atom. The maximum absolute atomic E-state index is 11.6. The monoisotopic (exact) mass is 525 g/mol. The van der Waals surface area contributed by atoms with Crippen molar-refractivity contribution in [2.24, 2.45) is 0 Å². The second-order valence-corrected chi connectivity index (χ2v) is 10.6. The van der Waals surface area contributed by atoms with Crippen molar-refractivity contribution in [2.45, 2.75) is 17.4 Å². The van der Waals surface area contributed by atoms with Crippen LogP contribution in [0.3, 0.4) is 0 Å². The first-order valence-corrected chi connectivity index (χ1v) is 13.0. The van der Waals surface area contributed by atoms with E-state index in [0.717, 1.165) is 34.8 Å². The molecule has 1 atom stereocenters. The smallest absolute Gasteiger partial charge is 0.335 e. The van der Waals surface area contributed by atoms with Crippen molar-refractivity contribution in [1.29, 1.82) is 5.26 Å². The molecule has 1 heterocycles. The molecule has 5 nitrogen and oxygen atoms in total. The van der Waals surface area contributed by atoms with Crippen LogP contribution >= 0.6 is 23.5 Å². The predicted octanol–water partition coefficient (Wildman–Crippen LogP) is 7.28. The highest BCUT2D eigenvalue weighted by Crippen LogP contribution is 2.44. The molecule has 0 spiro atoms. The number of carboxylic acids is 1. The van der Waals surface area contributed by atoms with Crippen molar-refractivity contribution in [3.8, 4) is 17.2 Å². The second-order valence-electron chi connectivity index (χ2n) is 8.93. The number of carboxylic acid groups (broad SMARTS) is 1. The molecule has 1 aliphatic rings. The summed E-state index contributed by atoms with van der Waals surface area (Å²) in [6, 6.07) is 31.3. The third-order valence-corrected chi connectivity index (χ3v) is 7.90. The lowest BCUT2D eigenvalue weighted by atomic mass is 9.97. The summed E-state index contributed by atoms with van der Waals surface area (Å²) in [6.07, 6.45) is 0.830. The maximum atomic E-state index is 11.6. The summed E-state index contributed by atoms with van der Waals surface area (Å²) in [4.78, 5) is 14.8. The van der Waals surface area contributed by atoms with Gasteiger partial charge in [-0.05, 0) is 85.1 Å². The van der Waals surface area contributed by atoms with Gasteiger partial charge < -0.3 is 10.0 Å². The number of carbonyl (C=O) groups is 1. The van der Waals surface area contributed by atoms with Gasteiger partial charge >= 0.3 is 5.97 Å². The van der Waals surface area contributed by atoms with Crippen LogP contribution in [-0.4, -0.2) is 35.0 Å². The highest BCUT2D eigenvalue weighted by molar-refractivity contribution is 7.97. The van der Waals surface area contributed by atoms with E-state index in [2.05, 4.69) is 46.6 Å². The van der Waals surface area contributed by atoms with Crippen molar-refractivity contribution in [3.05, 3.63) is 113 Å². The lowest BCUT2D eigenvalue weighted by Gasteiger charge is -2.30. The van der Waals surface area contributed by atoms with Crippen LogP contribution in [-0.2, 0) is 6.42 Å². The van der Waals surface area contributed by atoms with Gasteiger partial charge in [0, 0.05) is 33.8 Å². The standard InChI is InChI=1S/C30H24ClN3O2S/c1-33-26(14-20-10-12-24(31)13-11-20)19-34(25-8-3-2-4-9-25)28-16-23(18-32)27(17-29(28)37-33)21-6-5-7-22(15-21)30(35)36/h2-13,15-17,26H,14,19H2,1H3,(H,35,36). The number of fused-ring (bicyclic) bond motifs is 1. The molecule has 1 unspecified atom stereocenters. The number of hydrogen-bond acceptors (Lipinski definition) is 5. The largest absolute Gasteiger partial charge is 0.478 e. The van der Waals surface area contributed by atoms with Crippen LogP contribution in [0.5, 0.6) is 0 Å². The first-order valence-electron chi connectivity index (χ1n) is 11.8. The number of para-hydroxylation sites is 1. The van der Waals surface area contributed by atoms with Crippen LogP contribution in [0.25, 0.3) is 11.1 Å². The Labute approximate surface area is 225 Å². The minimum absolute atomic E-state index is 0.170. The number of benzene rings is 4. The first kappa shape index (κ1) is 24.9. The van der Waals surface area contributed by atoms with Crippen molar-refractivity contribution in [3.63, 3.8) is 0 Å². The number of hydrogen-bond donors (Lipinski definition) is 1. The van der Waals surface area contributed by atoms with Crippen LogP contribution in [0.4, 0.5) is 11.4 Å². The number of likely N-dealkylation sites (N-methyl/N-ethyl adjacent to an activating group) is 1. The zero-order valence-corrected chi connectivity index (χ0v) is 21.7. The summed E-state index contributed by atoms with van der Waals surface area (Å²) in [5.74, 6) is -0.996. The summed E-state index contributed by atoms with van der Waals surface area (Å²) < 4.78 is 2.26. The van der Waals surface area contributed by atoms with E-state index in [0.29, 0.717) is 16.1 Å². The van der Waals surface area contributed by atoms with E-state index >= 15 is 0 Å². The summed E-state index contributed by atoms with van der Waals surface area (Å²) in [5, 5.41) is 20.3. The fraction of sp³-hybridized carbons (Fsp3) is 0.133. The van der Waals surface area contributed by atoms with E-state index in [1.807, 2.05) is 48.5 Å². The van der Waals surface area contributed by atoms with Gasteiger partial charge in [-0.15, -0.1) is 0 Å². The number of halogens is 1. The Morgan fingerprint density at radius 1 is 1.05 bits per heavy atom. The molecule has 0 aliphatic carbocycles. The van der Waals surface area contributed by atoms with Gasteiger partial charge in [-0.25, -0.2) is 9.10 Å². The minimum Gasteiger partial charge on any atom is -0.478 e. The zero-order chi connectivity index (χ0) is 25.9. The molecule has 5 rings (SSSR count). The van der Waals surface area contributed by atoms with Crippen molar-refractivity contribution >= 4 is 40.9 Å². The van der Waals surface area contributed by atoms with Gasteiger partial charge in [0.1, 0.15) is 0 Å². The van der Waals surface area contributed by atoms with Crippen LogP contribution in [0.1, 0.15) is 21.5 Å². The summed E-state index contributed by atoms with van der Waals surface area (Å²) in [5.41, 5.74) is 5.31. The Kier molecular flexibility index (Phi) is 7.20. The van der Waals surface area contributed by atoms with Crippen molar-refractivity contribution < 1.29 is 9.90 Å². The van der Waals surface area contributed by atoms with Gasteiger partial charge in [-0.1, -0.05) is 54.1 Å². The molecule has 0 fully saturated rings. The van der Waals surface area contributed by atoms with E-state index in [4.69, 9.17) is 11.6 Å². The minimum atomic E-state index is -0.996. The average molecular weight is 526 g/mol. The van der Waals surface area contributed by atoms with E-state index < -0.39 is 5.97 Å². The van der Waals surface area contributed by atoms with Gasteiger partial charge in [0.05, 0.1) is 22.9 Å². The Bertz CT molecular complexity index is 1490. The molecule has 37 heavy (non-hydrogen) atoms. The van der Waals surface area contributed by atoms with Gasteiger partial charge in [-0.3, -0.25) is 0 Å². The fourth-order valence-corrected chi connectivity index (χ4v) is 5.76. The highest BCUT2D eigenvalue weighted by atomic mass is 35.5. The number of nitriles is 1. The fourth-order valence-electron chi connectivity index (χ4n) is 4.60. The van der Waals surface area contributed by atoms with E-state index in [-0.39, 0.29) is 11.6 Å². The van der Waals surface area contributed by atoms with E-state index in [1.165, 1.54) is 5.56 Å². The summed E-state index contributed by atoms with van der Waals surface area (Å²) >= 11 is 7.75. The number of aromatic carboxylic acids is 1. The van der Waals surface area contributed by atoms with Crippen molar-refractivity contribution in [1.82, 2.24) is 4.31 Å². The number of nitrogens with zero attached hydrogens (tertiary/aromatic N) is 3. The lowest BCUT2D eigenvalue weighted by Crippen LogP contribution is -2.37. The normalized spacial score (nSPS) is 15.5. The van der Waals surface area contributed by atoms with Gasteiger partial charge in [-0.2, -0.15) is 5.26 Å². The SMILES string of the molecule is CN1Sc2cc(-c3cccc(C(=O)O)c3)c(C#N)cc2N(c2ccccc2)CC1Cc1ccc(Cl)cc1. The van der Waals surface area contributed by atoms with E-state index in [1.54, 1.807) is 30.1 Å². The molecule has 0 saturated heterocycles. The molecule has 0 saturated carbocycles. The first-order chi connectivity index (χ1) is 17.9. The molecule has 184 valence electrons. The molecule has 1 N–H and O–H groups in total. The number of anilines is 2. The zero-order valence-electron chi connectivity index (χ0n) is 20.1. The third kappa shape index (κ3) is 5.35. The Morgan fingerprint density at radius 2 is 1.81 bits per heavy atom. The van der Waals surface area contributed by atoms with Crippen molar-refractivity contribution in [2.75, 3.05) is 18.5 Å². The topological polar surface area (TPSA) is 67.6 Å². The molecule has 4 aromatic carbocycles. The molecule has 7 heteroatoms. The summed E-state index contributed by atoms with van der Waals surface area (Å²) in [6.45, 7) is 0.724. The van der Waals surface area contributed by atoms with Gasteiger partial charge in [0.15, 0.2) is 0 Å². The average Bonchev–Trinajstić information content (AvgIpc) is 3.05. The predicted molar refractivity (Wildman–Crippen MR) is 150 cm³/mol. The maximum Gasteiger partial charge on any atom is 0.335 e. The third-order valence-electron chi connectivity index (χ3n) is 6.53. The molecule has 0 radical (unpaired) electrons.